The van der Waals surface area contributed by atoms with E-state index in [0.717, 1.165) is 21.5 Å². The average molecular weight is 271 g/mol. The highest BCUT2D eigenvalue weighted by Crippen LogP contribution is 2.45. The van der Waals surface area contributed by atoms with E-state index in [1.165, 1.54) is 6.08 Å². The molecule has 0 bridgehead atoms. The zero-order valence-corrected chi connectivity index (χ0v) is 10.6. The average Bonchev–Trinajstić information content (AvgIpc) is 2.94. The van der Waals surface area contributed by atoms with Gasteiger partial charge in [0.15, 0.2) is 5.78 Å². The number of rotatable bonds is 1. The van der Waals surface area contributed by atoms with E-state index in [-0.39, 0.29) is 5.78 Å². The van der Waals surface area contributed by atoms with Crippen LogP contribution in [0.1, 0.15) is 22.1 Å². The number of ketones is 1. The van der Waals surface area contributed by atoms with Gasteiger partial charge in [-0.15, -0.1) is 11.8 Å². The summed E-state index contributed by atoms with van der Waals surface area (Å²) < 4.78 is 1.85. The molecule has 1 unspecified atom stereocenters. The molecule has 0 amide bonds. The topological polar surface area (TPSA) is 59.3 Å². The van der Waals surface area contributed by atoms with Crippen molar-refractivity contribution in [3.8, 4) is 0 Å². The molecule has 0 spiro atoms. The molecule has 1 aromatic carbocycles. The predicted molar refractivity (Wildman–Crippen MR) is 72.7 cm³/mol. The van der Waals surface area contributed by atoms with Crippen molar-refractivity contribution >= 4 is 40.4 Å². The Balaban J connectivity index is 2.15. The highest BCUT2D eigenvalue weighted by molar-refractivity contribution is 7.99. The molecule has 5 heteroatoms. The smallest absolute Gasteiger partial charge is 0.327 e. The summed E-state index contributed by atoms with van der Waals surface area (Å²) in [5.41, 5.74) is 1.51. The van der Waals surface area contributed by atoms with Crippen LogP contribution in [-0.4, -0.2) is 27.2 Å². The monoisotopic (exact) mass is 271 g/mol. The number of carbonyl (C=O) groups is 2. The molecule has 0 saturated heterocycles. The van der Waals surface area contributed by atoms with E-state index >= 15 is 0 Å². The zero-order chi connectivity index (χ0) is 13.1. The molecule has 0 fully saturated rings. The number of carboxylic acid groups (broad SMARTS) is 1. The number of hydrogen-bond acceptors (Lipinski definition) is 3. The van der Waals surface area contributed by atoms with Gasteiger partial charge in [0.2, 0.25) is 0 Å². The first-order valence-electron chi connectivity index (χ1n) is 5.93. The van der Waals surface area contributed by atoms with Crippen molar-refractivity contribution < 1.29 is 14.7 Å². The molecule has 1 aliphatic carbocycles. The maximum atomic E-state index is 11.9. The second-order valence-electron chi connectivity index (χ2n) is 4.65. The van der Waals surface area contributed by atoms with Gasteiger partial charge in [-0.2, -0.15) is 0 Å². The Morgan fingerprint density at radius 2 is 2.21 bits per heavy atom. The molecule has 4 rings (SSSR count). The Kier molecular flexibility index (Phi) is 2.01. The molecule has 1 aromatic heterocycles. The number of carboxylic acids is 1. The second-order valence-corrected chi connectivity index (χ2v) is 5.66. The molecule has 0 saturated carbocycles. The van der Waals surface area contributed by atoms with Crippen LogP contribution < -0.4 is 0 Å². The highest BCUT2D eigenvalue weighted by atomic mass is 32.2. The van der Waals surface area contributed by atoms with Gasteiger partial charge in [0, 0.05) is 22.1 Å². The molecule has 2 aliphatic rings. The van der Waals surface area contributed by atoms with Gasteiger partial charge in [-0.25, -0.2) is 4.79 Å². The number of thioether (sulfide) groups is 1. The van der Waals surface area contributed by atoms with Crippen LogP contribution in [0.2, 0.25) is 0 Å². The van der Waals surface area contributed by atoms with Crippen LogP contribution in [-0.2, 0) is 4.79 Å². The van der Waals surface area contributed by atoms with Gasteiger partial charge >= 0.3 is 5.97 Å². The van der Waals surface area contributed by atoms with Crippen LogP contribution in [0.3, 0.4) is 0 Å². The Morgan fingerprint density at radius 1 is 1.37 bits per heavy atom. The Labute approximate surface area is 112 Å². The zero-order valence-electron chi connectivity index (χ0n) is 9.79. The van der Waals surface area contributed by atoms with Crippen molar-refractivity contribution in [3.05, 3.63) is 35.5 Å². The lowest BCUT2D eigenvalue weighted by molar-refractivity contribution is -0.140. The summed E-state index contributed by atoms with van der Waals surface area (Å²) in [5.74, 6) is -0.298. The standard InChI is InChI=1S/C14H9NO3S/c16-11-5-4-9-12-7(11)2-1-3-8(12)13-15(9)10(6-19-13)14(17)18/h1-5,10H,6H2,(H,17,18). The molecule has 1 N–H and O–H groups in total. The number of nitrogens with zero attached hydrogens (tertiary/aromatic N) is 1. The molecule has 19 heavy (non-hydrogen) atoms. The molecule has 2 aromatic rings. The lowest BCUT2D eigenvalue weighted by Gasteiger charge is -2.12. The van der Waals surface area contributed by atoms with Gasteiger partial charge in [0.25, 0.3) is 0 Å². The normalized spacial score (nSPS) is 20.0. The van der Waals surface area contributed by atoms with Gasteiger partial charge in [0.1, 0.15) is 6.04 Å². The largest absolute Gasteiger partial charge is 0.480 e. The van der Waals surface area contributed by atoms with Crippen LogP contribution in [0.15, 0.2) is 29.3 Å². The first-order chi connectivity index (χ1) is 9.18. The predicted octanol–water partition coefficient (Wildman–Crippen LogP) is 2.58. The van der Waals surface area contributed by atoms with Crippen LogP contribution in [0.5, 0.6) is 0 Å². The number of hydrogen-bond donors (Lipinski definition) is 1. The third kappa shape index (κ3) is 1.25. The summed E-state index contributed by atoms with van der Waals surface area (Å²) in [4.78, 5) is 23.2. The summed E-state index contributed by atoms with van der Waals surface area (Å²) in [6, 6.07) is 5.06. The third-order valence-corrected chi connectivity index (χ3v) is 4.83. The van der Waals surface area contributed by atoms with Crippen molar-refractivity contribution in [2.45, 2.75) is 11.1 Å². The fourth-order valence-corrected chi connectivity index (χ4v) is 4.15. The lowest BCUT2D eigenvalue weighted by Crippen LogP contribution is -2.18. The van der Waals surface area contributed by atoms with Gasteiger partial charge in [-0.1, -0.05) is 18.2 Å². The lowest BCUT2D eigenvalue weighted by atomic mass is 9.98. The Morgan fingerprint density at radius 3 is 3.00 bits per heavy atom. The summed E-state index contributed by atoms with van der Waals surface area (Å²) >= 11 is 1.54. The summed E-state index contributed by atoms with van der Waals surface area (Å²) in [6.07, 6.45) is 3.26. The number of allylic oxidation sites excluding steroid dienone is 1. The number of carbonyl (C=O) groups excluding carboxylic acids is 1. The number of benzene rings is 1. The molecule has 2 heterocycles. The highest BCUT2D eigenvalue weighted by Gasteiger charge is 2.34. The molecule has 1 aliphatic heterocycles. The first-order valence-corrected chi connectivity index (χ1v) is 6.92. The summed E-state index contributed by atoms with van der Waals surface area (Å²) in [6.45, 7) is 0. The van der Waals surface area contributed by atoms with Crippen molar-refractivity contribution in [2.24, 2.45) is 0 Å². The number of aromatic nitrogens is 1. The molecule has 94 valence electrons. The molecule has 4 nitrogen and oxygen atoms in total. The van der Waals surface area contributed by atoms with Crippen molar-refractivity contribution in [1.82, 2.24) is 4.57 Å². The van der Waals surface area contributed by atoms with Crippen molar-refractivity contribution in [1.29, 1.82) is 0 Å². The fraction of sp³-hybridized carbons (Fsp3) is 0.143. The SMILES string of the molecule is O=C1C=Cc2c3c1cccc3c1n2C(C(=O)O)CS1. The van der Waals surface area contributed by atoms with E-state index in [1.54, 1.807) is 23.9 Å². The van der Waals surface area contributed by atoms with Gasteiger partial charge in [-0.05, 0) is 12.2 Å². The van der Waals surface area contributed by atoms with E-state index < -0.39 is 12.0 Å². The molecule has 0 radical (unpaired) electrons. The third-order valence-electron chi connectivity index (χ3n) is 3.66. The van der Waals surface area contributed by atoms with Gasteiger partial charge in [0.05, 0.1) is 10.7 Å². The molecule has 1 atom stereocenters. The second kappa shape index (κ2) is 3.51. The van der Waals surface area contributed by atoms with Crippen LogP contribution in [0, 0.1) is 0 Å². The van der Waals surface area contributed by atoms with E-state index in [1.807, 2.05) is 16.7 Å². The maximum Gasteiger partial charge on any atom is 0.327 e. The maximum absolute atomic E-state index is 11.9. The number of aliphatic carboxylic acids is 1. The minimum atomic E-state index is -0.824. The van der Waals surface area contributed by atoms with E-state index in [4.69, 9.17) is 0 Å². The minimum absolute atomic E-state index is 0.0146. The summed E-state index contributed by atoms with van der Waals surface area (Å²) in [5, 5.41) is 12.2. The van der Waals surface area contributed by atoms with Crippen LogP contribution in [0.25, 0.3) is 16.8 Å². The minimum Gasteiger partial charge on any atom is -0.480 e. The first kappa shape index (κ1) is 10.9. The van der Waals surface area contributed by atoms with E-state index in [9.17, 15) is 14.7 Å². The number of fused-ring (bicyclic) bond motifs is 3. The molecular weight excluding hydrogens is 262 g/mol. The van der Waals surface area contributed by atoms with Crippen molar-refractivity contribution in [3.63, 3.8) is 0 Å². The van der Waals surface area contributed by atoms with Gasteiger partial charge in [-0.3, -0.25) is 4.79 Å². The van der Waals surface area contributed by atoms with Crippen LogP contribution >= 0.6 is 11.8 Å². The van der Waals surface area contributed by atoms with E-state index in [0.29, 0.717) is 11.3 Å². The Bertz CT molecular complexity index is 788. The quantitative estimate of drug-likeness (QED) is 0.866. The van der Waals surface area contributed by atoms with Gasteiger partial charge < -0.3 is 9.67 Å². The van der Waals surface area contributed by atoms with Crippen LogP contribution in [0.4, 0.5) is 0 Å². The van der Waals surface area contributed by atoms with Crippen molar-refractivity contribution in [2.75, 3.05) is 5.75 Å². The fourth-order valence-electron chi connectivity index (χ4n) is 2.85. The molecular formula is C14H9NO3S. The Hall–Kier alpha value is -2.01. The summed E-state index contributed by atoms with van der Waals surface area (Å²) in [7, 11) is 0. The van der Waals surface area contributed by atoms with E-state index in [2.05, 4.69) is 0 Å².